The number of hydrogen-bond acceptors (Lipinski definition) is 9. The number of hydrogen-bond donors (Lipinski definition) is 0. The van der Waals surface area contributed by atoms with E-state index in [1.165, 1.54) is 11.3 Å². The first kappa shape index (κ1) is 34.7. The number of methoxy groups -OCH3 is 2. The summed E-state index contributed by atoms with van der Waals surface area (Å²) in [6.45, 7) is 4.22. The van der Waals surface area contributed by atoms with Crippen LogP contribution < -0.4 is 29.1 Å². The quantitative estimate of drug-likeness (QED) is 0.134. The summed E-state index contributed by atoms with van der Waals surface area (Å²) in [6, 6.07) is 23.8. The molecule has 11 heteroatoms. The molecule has 1 aliphatic rings. The first-order chi connectivity index (χ1) is 24.3. The van der Waals surface area contributed by atoms with Crippen molar-refractivity contribution in [2.24, 2.45) is 4.99 Å². The van der Waals surface area contributed by atoms with Crippen molar-refractivity contribution in [3.8, 4) is 23.3 Å². The molecule has 0 N–H and O–H groups in total. The minimum atomic E-state index is -0.839. The number of halogens is 1. The third kappa shape index (κ3) is 6.69. The van der Waals surface area contributed by atoms with Crippen LogP contribution in [0, 0.1) is 11.3 Å². The molecule has 0 bridgehead atoms. The Labute approximate surface area is 301 Å². The van der Waals surface area contributed by atoms with E-state index in [9.17, 15) is 9.59 Å². The lowest BCUT2D eigenvalue weighted by molar-refractivity contribution is -0.139. The number of fused-ring (bicyclic) bond motifs is 2. The molecule has 5 aromatic rings. The first-order valence-electron chi connectivity index (χ1n) is 16.1. The van der Waals surface area contributed by atoms with Crippen LogP contribution in [0.1, 0.15) is 55.0 Å². The van der Waals surface area contributed by atoms with E-state index < -0.39 is 12.0 Å². The molecule has 254 valence electrons. The number of esters is 1. The Bertz CT molecular complexity index is 2350. The van der Waals surface area contributed by atoms with Crippen LogP contribution in [0.5, 0.6) is 17.2 Å². The van der Waals surface area contributed by atoms with Crippen molar-refractivity contribution in [1.82, 2.24) is 4.57 Å². The SMILES string of the molecule is CCCC1=C(C(=O)OCC)[C@H](c2c(OC)ccc3ccccc23)n2c(s/c(=C/c3cc(Br)c(OCc4ccc(C#N)cc4)c(OC)c3)c2=O)=N1. The summed E-state index contributed by atoms with van der Waals surface area (Å²) in [4.78, 5) is 33.7. The van der Waals surface area contributed by atoms with E-state index in [2.05, 4.69) is 22.0 Å². The average molecular weight is 753 g/mol. The standard InChI is InChI=1S/C39H34BrN3O6S/c1-5-9-29-34(38(45)48-6-2)35(33-27-11-8-7-10-26(27)16-17-30(33)46-3)43-37(44)32(50-39(43)42-29)20-25-18-28(40)36(31(19-25)47-4)49-22-24-14-12-23(21-41)13-15-24/h7-8,10-20,35H,5-6,9,22H2,1-4H3/b32-20+/t35-/m0/s1. The Morgan fingerprint density at radius 1 is 1.04 bits per heavy atom. The van der Waals surface area contributed by atoms with Gasteiger partial charge in [-0.25, -0.2) is 9.79 Å². The zero-order chi connectivity index (χ0) is 35.4. The molecule has 50 heavy (non-hydrogen) atoms. The zero-order valence-electron chi connectivity index (χ0n) is 28.0. The minimum absolute atomic E-state index is 0.176. The Kier molecular flexibility index (Phi) is 10.5. The highest BCUT2D eigenvalue weighted by molar-refractivity contribution is 9.10. The summed E-state index contributed by atoms with van der Waals surface area (Å²) in [7, 11) is 3.14. The van der Waals surface area contributed by atoms with Gasteiger partial charge in [0.2, 0.25) is 0 Å². The summed E-state index contributed by atoms with van der Waals surface area (Å²) < 4.78 is 26.0. The van der Waals surface area contributed by atoms with Crippen LogP contribution in [-0.4, -0.2) is 31.4 Å². The smallest absolute Gasteiger partial charge is 0.338 e. The molecule has 0 fully saturated rings. The molecule has 4 aromatic carbocycles. The highest BCUT2D eigenvalue weighted by Gasteiger charge is 2.37. The normalized spacial score (nSPS) is 14.2. The molecule has 1 aromatic heterocycles. The van der Waals surface area contributed by atoms with Gasteiger partial charge in [-0.15, -0.1) is 0 Å². The lowest BCUT2D eigenvalue weighted by atomic mass is 9.90. The van der Waals surface area contributed by atoms with Gasteiger partial charge < -0.3 is 18.9 Å². The Hall–Kier alpha value is -5.18. The van der Waals surface area contributed by atoms with Crippen molar-refractivity contribution in [3.05, 3.63) is 130 Å². The number of ether oxygens (including phenoxy) is 4. The summed E-state index contributed by atoms with van der Waals surface area (Å²) in [6.07, 6.45) is 3.05. The summed E-state index contributed by atoms with van der Waals surface area (Å²) in [5, 5.41) is 10.9. The summed E-state index contributed by atoms with van der Waals surface area (Å²) in [5.74, 6) is 1.01. The fourth-order valence-electron chi connectivity index (χ4n) is 6.08. The molecular formula is C39H34BrN3O6S. The van der Waals surface area contributed by atoms with Gasteiger partial charge in [0.15, 0.2) is 16.3 Å². The van der Waals surface area contributed by atoms with Gasteiger partial charge in [-0.2, -0.15) is 5.26 Å². The minimum Gasteiger partial charge on any atom is -0.496 e. The van der Waals surface area contributed by atoms with Gasteiger partial charge in [0.1, 0.15) is 18.4 Å². The molecule has 0 radical (unpaired) electrons. The van der Waals surface area contributed by atoms with Gasteiger partial charge in [0.05, 0.1) is 52.7 Å². The number of rotatable bonds is 11. The largest absolute Gasteiger partial charge is 0.496 e. The molecule has 2 heterocycles. The van der Waals surface area contributed by atoms with E-state index in [-0.39, 0.29) is 18.8 Å². The van der Waals surface area contributed by atoms with Crippen molar-refractivity contribution in [2.75, 3.05) is 20.8 Å². The number of carbonyl (C=O) groups is 1. The van der Waals surface area contributed by atoms with Gasteiger partial charge in [0.25, 0.3) is 5.56 Å². The summed E-state index contributed by atoms with van der Waals surface area (Å²) >= 11 is 4.88. The van der Waals surface area contributed by atoms with Gasteiger partial charge in [-0.1, -0.05) is 67.1 Å². The molecule has 0 saturated heterocycles. The predicted molar refractivity (Wildman–Crippen MR) is 196 cm³/mol. The Morgan fingerprint density at radius 2 is 1.80 bits per heavy atom. The highest BCUT2D eigenvalue weighted by Crippen LogP contribution is 2.41. The van der Waals surface area contributed by atoms with Crippen LogP contribution in [-0.2, 0) is 16.1 Å². The lowest BCUT2D eigenvalue weighted by Crippen LogP contribution is -2.40. The number of nitrogens with zero attached hydrogens (tertiary/aromatic N) is 3. The topological polar surface area (TPSA) is 112 Å². The van der Waals surface area contributed by atoms with Crippen LogP contribution in [0.3, 0.4) is 0 Å². The third-order valence-electron chi connectivity index (χ3n) is 8.33. The molecule has 0 amide bonds. The Morgan fingerprint density at radius 3 is 2.50 bits per heavy atom. The molecule has 0 saturated carbocycles. The zero-order valence-corrected chi connectivity index (χ0v) is 30.4. The monoisotopic (exact) mass is 751 g/mol. The molecular weight excluding hydrogens is 718 g/mol. The van der Waals surface area contributed by atoms with E-state index in [1.54, 1.807) is 50.0 Å². The highest BCUT2D eigenvalue weighted by atomic mass is 79.9. The molecule has 0 unspecified atom stereocenters. The molecule has 1 atom stereocenters. The maximum atomic E-state index is 14.5. The van der Waals surface area contributed by atoms with E-state index >= 15 is 0 Å². The lowest BCUT2D eigenvalue weighted by Gasteiger charge is -2.28. The average Bonchev–Trinajstić information content (AvgIpc) is 3.43. The van der Waals surface area contributed by atoms with Crippen molar-refractivity contribution in [3.63, 3.8) is 0 Å². The van der Waals surface area contributed by atoms with Crippen molar-refractivity contribution in [2.45, 2.75) is 39.3 Å². The van der Waals surface area contributed by atoms with Crippen LogP contribution in [0.25, 0.3) is 16.8 Å². The predicted octanol–water partition coefficient (Wildman–Crippen LogP) is 6.96. The summed E-state index contributed by atoms with van der Waals surface area (Å²) in [5.41, 5.74) is 3.47. The number of aromatic nitrogens is 1. The van der Waals surface area contributed by atoms with Gasteiger partial charge in [-0.05, 0) is 87.6 Å². The van der Waals surface area contributed by atoms with Gasteiger partial charge in [0, 0.05) is 5.56 Å². The van der Waals surface area contributed by atoms with Crippen molar-refractivity contribution in [1.29, 1.82) is 5.26 Å². The van der Waals surface area contributed by atoms with Crippen LogP contribution >= 0.6 is 27.3 Å². The second-order valence-electron chi connectivity index (χ2n) is 11.4. The maximum absolute atomic E-state index is 14.5. The third-order valence-corrected chi connectivity index (χ3v) is 9.90. The second-order valence-corrected chi connectivity index (χ2v) is 13.3. The van der Waals surface area contributed by atoms with Crippen LogP contribution in [0.2, 0.25) is 0 Å². The number of benzene rings is 4. The molecule has 1 aliphatic heterocycles. The Balaban J connectivity index is 1.50. The number of carbonyl (C=O) groups excluding carboxylic acids is 1. The van der Waals surface area contributed by atoms with Gasteiger partial charge >= 0.3 is 5.97 Å². The molecule has 9 nitrogen and oxygen atoms in total. The van der Waals surface area contributed by atoms with Gasteiger partial charge in [-0.3, -0.25) is 9.36 Å². The van der Waals surface area contributed by atoms with E-state index in [4.69, 9.17) is 29.2 Å². The molecule has 0 aliphatic carbocycles. The molecule has 6 rings (SSSR count). The van der Waals surface area contributed by atoms with Crippen LogP contribution in [0.4, 0.5) is 0 Å². The molecule has 0 spiro atoms. The van der Waals surface area contributed by atoms with E-state index in [0.717, 1.165) is 22.8 Å². The number of allylic oxidation sites excluding steroid dienone is 1. The van der Waals surface area contributed by atoms with Crippen molar-refractivity contribution < 1.29 is 23.7 Å². The number of thiazole rings is 1. The first-order valence-corrected chi connectivity index (χ1v) is 17.7. The maximum Gasteiger partial charge on any atom is 0.338 e. The van der Waals surface area contributed by atoms with E-state index in [0.29, 0.717) is 65.4 Å². The fraction of sp³-hybridized carbons (Fsp3) is 0.231. The second kappa shape index (κ2) is 15.2. The fourth-order valence-corrected chi connectivity index (χ4v) is 7.67. The van der Waals surface area contributed by atoms with Crippen LogP contribution in [0.15, 0.2) is 98.3 Å². The van der Waals surface area contributed by atoms with Crippen molar-refractivity contribution >= 4 is 50.1 Å². The van der Waals surface area contributed by atoms with E-state index in [1.807, 2.05) is 61.5 Å². The number of nitriles is 1.